The number of benzene rings is 1. The molecule has 7 heteroatoms. The van der Waals surface area contributed by atoms with Gasteiger partial charge in [0.25, 0.3) is 5.56 Å². The molecule has 0 saturated carbocycles. The molecular weight excluding hydrogens is 298 g/mol. The maximum absolute atomic E-state index is 12.0. The summed E-state index contributed by atoms with van der Waals surface area (Å²) in [7, 11) is 0. The highest BCUT2D eigenvalue weighted by Crippen LogP contribution is 2.06. The lowest BCUT2D eigenvalue weighted by Crippen LogP contribution is -2.22. The monoisotopic (exact) mass is 317 g/mol. The van der Waals surface area contributed by atoms with Gasteiger partial charge in [0.05, 0.1) is 26.0 Å². The minimum absolute atomic E-state index is 0.219. The van der Waals surface area contributed by atoms with Crippen molar-refractivity contribution < 1.29 is 14.3 Å². The number of ether oxygens (including phenoxy) is 2. The van der Waals surface area contributed by atoms with E-state index in [0.29, 0.717) is 31.7 Å². The van der Waals surface area contributed by atoms with Crippen LogP contribution in [0.25, 0.3) is 0 Å². The zero-order valence-electron chi connectivity index (χ0n) is 12.7. The summed E-state index contributed by atoms with van der Waals surface area (Å²) >= 11 is 0. The summed E-state index contributed by atoms with van der Waals surface area (Å²) in [5.41, 5.74) is 5.63. The predicted octanol–water partition coefficient (Wildman–Crippen LogP) is 1.55. The van der Waals surface area contributed by atoms with Crippen LogP contribution in [0.15, 0.2) is 47.4 Å². The molecule has 0 aliphatic carbocycles. The van der Waals surface area contributed by atoms with Crippen molar-refractivity contribution in [2.75, 3.05) is 13.2 Å². The molecule has 0 aliphatic heterocycles. The largest absolute Gasteiger partial charge is 0.492 e. The summed E-state index contributed by atoms with van der Waals surface area (Å²) in [6, 6.07) is 11.0. The molecule has 23 heavy (non-hydrogen) atoms. The molecule has 1 aromatic carbocycles. The summed E-state index contributed by atoms with van der Waals surface area (Å²) in [5.74, 6) is 0.426. The van der Waals surface area contributed by atoms with Crippen LogP contribution in [0.3, 0.4) is 0 Å². The Morgan fingerprint density at radius 2 is 1.91 bits per heavy atom. The number of nitrogens with zero attached hydrogens (tertiary/aromatic N) is 2. The first kappa shape index (κ1) is 16.5. The second-order valence-corrected chi connectivity index (χ2v) is 4.90. The molecule has 0 saturated heterocycles. The molecule has 7 nitrogen and oxygen atoms in total. The van der Waals surface area contributed by atoms with Gasteiger partial charge in [-0.1, -0.05) is 30.3 Å². The van der Waals surface area contributed by atoms with Crippen LogP contribution in [0.2, 0.25) is 0 Å². The minimum atomic E-state index is -0.780. The summed E-state index contributed by atoms with van der Waals surface area (Å²) in [6.45, 7) is 1.09. The van der Waals surface area contributed by atoms with Crippen LogP contribution in [0.1, 0.15) is 18.4 Å². The Hall–Kier alpha value is -2.83. The van der Waals surface area contributed by atoms with Crippen molar-refractivity contribution >= 4 is 6.09 Å². The topological polar surface area (TPSA) is 96.4 Å². The zero-order chi connectivity index (χ0) is 16.5. The normalized spacial score (nSPS) is 10.3. The molecular formula is C16H19N3O4. The number of unbranched alkanes of at least 4 members (excludes halogenated alkanes) is 1. The van der Waals surface area contributed by atoms with E-state index >= 15 is 0 Å². The number of aromatic nitrogens is 2. The average molecular weight is 317 g/mol. The number of carbonyl (C=O) groups excluding carboxylic acids is 1. The molecule has 0 atom stereocenters. The Labute approximate surface area is 133 Å². The van der Waals surface area contributed by atoms with Crippen LogP contribution < -0.4 is 16.0 Å². The average Bonchev–Trinajstić information content (AvgIpc) is 2.54. The third-order valence-electron chi connectivity index (χ3n) is 3.07. The Bertz CT molecular complexity index is 685. The molecule has 0 aliphatic rings. The Kier molecular flexibility index (Phi) is 6.17. The molecule has 0 fully saturated rings. The minimum Gasteiger partial charge on any atom is -0.492 e. The van der Waals surface area contributed by atoms with Crippen LogP contribution in [0.5, 0.6) is 5.75 Å². The van der Waals surface area contributed by atoms with Gasteiger partial charge in [-0.15, -0.1) is 0 Å². The first-order chi connectivity index (χ1) is 11.1. The second kappa shape index (κ2) is 8.57. The van der Waals surface area contributed by atoms with E-state index in [1.165, 1.54) is 16.9 Å². The second-order valence-electron chi connectivity index (χ2n) is 4.90. The molecule has 2 N–H and O–H groups in total. The van der Waals surface area contributed by atoms with Gasteiger partial charge < -0.3 is 15.2 Å². The third-order valence-corrected chi connectivity index (χ3v) is 3.07. The lowest BCUT2D eigenvalue weighted by atomic mass is 10.2. The summed E-state index contributed by atoms with van der Waals surface area (Å²) in [4.78, 5) is 22.4. The standard InChI is InChI=1S/C16H19N3O4/c17-16(21)23-9-5-4-8-22-14-10-15(20)19(18-11-14)12-13-6-2-1-3-7-13/h1-3,6-7,10-11H,4-5,8-9,12H2,(H2,17,21). The maximum atomic E-state index is 12.0. The Morgan fingerprint density at radius 3 is 2.61 bits per heavy atom. The number of nitrogens with two attached hydrogens (primary N) is 1. The van der Waals surface area contributed by atoms with E-state index < -0.39 is 6.09 Å². The van der Waals surface area contributed by atoms with E-state index in [1.54, 1.807) is 0 Å². The van der Waals surface area contributed by atoms with Gasteiger partial charge in [0.15, 0.2) is 0 Å². The van der Waals surface area contributed by atoms with Crippen LogP contribution >= 0.6 is 0 Å². The first-order valence-electron chi connectivity index (χ1n) is 7.31. The van der Waals surface area contributed by atoms with Crippen LogP contribution in [0, 0.1) is 0 Å². The lowest BCUT2D eigenvalue weighted by molar-refractivity contribution is 0.152. The number of hydrogen-bond acceptors (Lipinski definition) is 5. The van der Waals surface area contributed by atoms with Gasteiger partial charge in [-0.05, 0) is 18.4 Å². The van der Waals surface area contributed by atoms with E-state index in [4.69, 9.17) is 10.5 Å². The van der Waals surface area contributed by atoms with E-state index in [2.05, 4.69) is 9.84 Å². The molecule has 0 radical (unpaired) electrons. The molecule has 0 unspecified atom stereocenters. The fraction of sp³-hybridized carbons (Fsp3) is 0.312. The highest BCUT2D eigenvalue weighted by atomic mass is 16.5. The lowest BCUT2D eigenvalue weighted by Gasteiger charge is -2.08. The maximum Gasteiger partial charge on any atom is 0.404 e. The van der Waals surface area contributed by atoms with Gasteiger partial charge in [0, 0.05) is 6.07 Å². The van der Waals surface area contributed by atoms with E-state index in [-0.39, 0.29) is 12.2 Å². The van der Waals surface area contributed by atoms with Crippen molar-refractivity contribution in [2.45, 2.75) is 19.4 Å². The van der Waals surface area contributed by atoms with Crippen molar-refractivity contribution in [3.05, 3.63) is 58.5 Å². The van der Waals surface area contributed by atoms with E-state index in [9.17, 15) is 9.59 Å². The third kappa shape index (κ3) is 5.82. The van der Waals surface area contributed by atoms with E-state index in [1.807, 2.05) is 30.3 Å². The summed E-state index contributed by atoms with van der Waals surface area (Å²) in [6.07, 6.45) is 2.06. The van der Waals surface area contributed by atoms with Gasteiger partial charge >= 0.3 is 6.09 Å². The van der Waals surface area contributed by atoms with Gasteiger partial charge in [-0.25, -0.2) is 9.48 Å². The summed E-state index contributed by atoms with van der Waals surface area (Å²) in [5, 5.41) is 4.11. The highest BCUT2D eigenvalue weighted by Gasteiger charge is 2.02. The van der Waals surface area contributed by atoms with Gasteiger partial charge in [0.2, 0.25) is 0 Å². The number of rotatable bonds is 8. The molecule has 1 aromatic heterocycles. The van der Waals surface area contributed by atoms with Crippen molar-refractivity contribution in [1.29, 1.82) is 0 Å². The van der Waals surface area contributed by atoms with Crippen molar-refractivity contribution in [3.63, 3.8) is 0 Å². The number of primary amides is 1. The molecule has 0 bridgehead atoms. The van der Waals surface area contributed by atoms with Crippen molar-refractivity contribution in [3.8, 4) is 5.75 Å². The van der Waals surface area contributed by atoms with Gasteiger partial charge in [-0.3, -0.25) is 4.79 Å². The smallest absolute Gasteiger partial charge is 0.404 e. The van der Waals surface area contributed by atoms with Crippen LogP contribution in [-0.4, -0.2) is 29.1 Å². The van der Waals surface area contributed by atoms with Gasteiger partial charge in [0.1, 0.15) is 5.75 Å². The Balaban J connectivity index is 1.80. The SMILES string of the molecule is NC(=O)OCCCCOc1cnn(Cc2ccccc2)c(=O)c1. The molecule has 2 rings (SSSR count). The fourth-order valence-electron chi connectivity index (χ4n) is 1.94. The first-order valence-corrected chi connectivity index (χ1v) is 7.31. The Morgan fingerprint density at radius 1 is 1.17 bits per heavy atom. The van der Waals surface area contributed by atoms with Crippen LogP contribution in [0.4, 0.5) is 4.79 Å². The molecule has 1 heterocycles. The molecule has 122 valence electrons. The molecule has 1 amide bonds. The number of amides is 1. The predicted molar refractivity (Wildman–Crippen MR) is 84.3 cm³/mol. The van der Waals surface area contributed by atoms with Gasteiger partial charge in [-0.2, -0.15) is 5.10 Å². The summed E-state index contributed by atoms with van der Waals surface area (Å²) < 4.78 is 11.4. The quantitative estimate of drug-likeness (QED) is 0.745. The van der Waals surface area contributed by atoms with Crippen molar-refractivity contribution in [2.24, 2.45) is 5.73 Å². The molecule has 2 aromatic rings. The highest BCUT2D eigenvalue weighted by molar-refractivity contribution is 5.64. The molecule has 0 spiro atoms. The van der Waals surface area contributed by atoms with Crippen LogP contribution in [-0.2, 0) is 11.3 Å². The zero-order valence-corrected chi connectivity index (χ0v) is 12.7. The van der Waals surface area contributed by atoms with Crippen molar-refractivity contribution in [1.82, 2.24) is 9.78 Å². The van der Waals surface area contributed by atoms with E-state index in [0.717, 1.165) is 5.56 Å². The fourth-order valence-corrected chi connectivity index (χ4v) is 1.94. The number of hydrogen-bond donors (Lipinski definition) is 1. The number of carbonyl (C=O) groups is 1.